The van der Waals surface area contributed by atoms with Gasteiger partial charge < -0.3 is 10.6 Å². The van der Waals surface area contributed by atoms with Gasteiger partial charge in [0.2, 0.25) is 5.91 Å². The van der Waals surface area contributed by atoms with Gasteiger partial charge in [0.1, 0.15) is 0 Å². The van der Waals surface area contributed by atoms with E-state index in [0.717, 1.165) is 25.6 Å². The molecular formula is C15H29N3O. The average molecular weight is 267 g/mol. The predicted octanol–water partition coefficient (Wildman–Crippen LogP) is 1.37. The van der Waals surface area contributed by atoms with Crippen molar-refractivity contribution < 1.29 is 4.79 Å². The maximum absolute atomic E-state index is 12.1. The molecule has 1 unspecified atom stereocenters. The zero-order valence-corrected chi connectivity index (χ0v) is 12.7. The first kappa shape index (κ1) is 14.8. The van der Waals surface area contributed by atoms with Crippen molar-refractivity contribution in [3.63, 3.8) is 0 Å². The summed E-state index contributed by atoms with van der Waals surface area (Å²) >= 11 is 0. The number of hydrogen-bond donors (Lipinski definition) is 2. The van der Waals surface area contributed by atoms with Crippen LogP contribution >= 0.6 is 0 Å². The van der Waals surface area contributed by atoms with E-state index in [0.29, 0.717) is 12.6 Å². The van der Waals surface area contributed by atoms with E-state index in [1.165, 1.54) is 25.7 Å². The van der Waals surface area contributed by atoms with Gasteiger partial charge in [-0.3, -0.25) is 9.69 Å². The van der Waals surface area contributed by atoms with Crippen LogP contribution in [-0.2, 0) is 4.79 Å². The molecule has 1 heterocycles. The lowest BCUT2D eigenvalue weighted by molar-refractivity contribution is -0.124. The van der Waals surface area contributed by atoms with E-state index in [9.17, 15) is 4.79 Å². The summed E-state index contributed by atoms with van der Waals surface area (Å²) in [5.41, 5.74) is -0.126. The third-order valence-corrected chi connectivity index (χ3v) is 3.82. The maximum atomic E-state index is 12.1. The maximum Gasteiger partial charge on any atom is 0.234 e. The molecule has 4 nitrogen and oxygen atoms in total. The largest absolute Gasteiger partial charge is 0.350 e. The SMILES string of the molecule is CC(C)(C)NC(=O)CN(CC1CCCNC1)C1CC1. The van der Waals surface area contributed by atoms with Gasteiger partial charge in [0, 0.05) is 18.1 Å². The highest BCUT2D eigenvalue weighted by Gasteiger charge is 2.32. The van der Waals surface area contributed by atoms with Crippen molar-refractivity contribution in [2.75, 3.05) is 26.2 Å². The number of carbonyl (C=O) groups excluding carboxylic acids is 1. The number of amides is 1. The van der Waals surface area contributed by atoms with E-state index >= 15 is 0 Å². The lowest BCUT2D eigenvalue weighted by Gasteiger charge is -2.31. The fourth-order valence-electron chi connectivity index (χ4n) is 2.84. The van der Waals surface area contributed by atoms with E-state index in [1.807, 2.05) is 20.8 Å². The molecule has 1 saturated carbocycles. The summed E-state index contributed by atoms with van der Waals surface area (Å²) in [6, 6.07) is 0.660. The molecule has 1 atom stereocenters. The summed E-state index contributed by atoms with van der Waals surface area (Å²) in [7, 11) is 0. The van der Waals surface area contributed by atoms with Gasteiger partial charge in [0.25, 0.3) is 0 Å². The minimum Gasteiger partial charge on any atom is -0.350 e. The van der Waals surface area contributed by atoms with E-state index in [-0.39, 0.29) is 11.4 Å². The number of nitrogens with zero attached hydrogens (tertiary/aromatic N) is 1. The second kappa shape index (κ2) is 6.23. The first-order valence-electron chi connectivity index (χ1n) is 7.70. The number of rotatable bonds is 5. The summed E-state index contributed by atoms with van der Waals surface area (Å²) in [5, 5.41) is 6.54. The lowest BCUT2D eigenvalue weighted by Crippen LogP contribution is -2.48. The molecule has 1 saturated heterocycles. The van der Waals surface area contributed by atoms with Crippen LogP contribution in [0.1, 0.15) is 46.5 Å². The molecule has 110 valence electrons. The Morgan fingerprint density at radius 3 is 2.58 bits per heavy atom. The first-order chi connectivity index (χ1) is 8.94. The molecule has 1 aliphatic carbocycles. The van der Waals surface area contributed by atoms with E-state index < -0.39 is 0 Å². The third-order valence-electron chi connectivity index (χ3n) is 3.82. The molecule has 0 radical (unpaired) electrons. The standard InChI is InChI=1S/C15H29N3O/c1-15(2,3)17-14(19)11-18(13-6-7-13)10-12-5-4-8-16-9-12/h12-13,16H,4-11H2,1-3H3,(H,17,19). The Kier molecular flexibility index (Phi) is 4.85. The number of piperidine rings is 1. The number of carbonyl (C=O) groups is 1. The Bertz CT molecular complexity index is 301. The van der Waals surface area contributed by atoms with Gasteiger partial charge in [-0.1, -0.05) is 0 Å². The van der Waals surface area contributed by atoms with Gasteiger partial charge in [0.15, 0.2) is 0 Å². The van der Waals surface area contributed by atoms with Crippen LogP contribution < -0.4 is 10.6 Å². The van der Waals surface area contributed by atoms with E-state index in [4.69, 9.17) is 0 Å². The van der Waals surface area contributed by atoms with Crippen molar-refractivity contribution >= 4 is 5.91 Å². The van der Waals surface area contributed by atoms with Crippen molar-refractivity contribution in [3.05, 3.63) is 0 Å². The van der Waals surface area contributed by atoms with Crippen LogP contribution in [0, 0.1) is 5.92 Å². The Morgan fingerprint density at radius 1 is 1.32 bits per heavy atom. The molecule has 1 aliphatic heterocycles. The molecule has 2 aliphatic rings. The van der Waals surface area contributed by atoms with Crippen molar-refractivity contribution in [3.8, 4) is 0 Å². The molecular weight excluding hydrogens is 238 g/mol. The summed E-state index contributed by atoms with van der Waals surface area (Å²) in [4.78, 5) is 14.5. The zero-order chi connectivity index (χ0) is 13.9. The Labute approximate surface area is 117 Å². The van der Waals surface area contributed by atoms with Crippen LogP contribution in [0.2, 0.25) is 0 Å². The average Bonchev–Trinajstić information content (AvgIpc) is 3.10. The van der Waals surface area contributed by atoms with Crippen LogP contribution in [0.3, 0.4) is 0 Å². The minimum absolute atomic E-state index is 0.126. The van der Waals surface area contributed by atoms with Crippen LogP contribution in [-0.4, -0.2) is 48.6 Å². The highest BCUT2D eigenvalue weighted by atomic mass is 16.2. The van der Waals surface area contributed by atoms with Gasteiger partial charge in [-0.15, -0.1) is 0 Å². The van der Waals surface area contributed by atoms with Crippen LogP contribution in [0.5, 0.6) is 0 Å². The summed E-state index contributed by atoms with van der Waals surface area (Å²) in [5.74, 6) is 0.889. The normalized spacial score (nSPS) is 24.5. The molecule has 0 aromatic rings. The van der Waals surface area contributed by atoms with Gasteiger partial charge in [-0.25, -0.2) is 0 Å². The molecule has 19 heavy (non-hydrogen) atoms. The minimum atomic E-state index is -0.126. The topological polar surface area (TPSA) is 44.4 Å². The number of hydrogen-bond acceptors (Lipinski definition) is 3. The molecule has 4 heteroatoms. The summed E-state index contributed by atoms with van der Waals surface area (Å²) < 4.78 is 0. The van der Waals surface area contributed by atoms with E-state index in [2.05, 4.69) is 15.5 Å². The highest BCUT2D eigenvalue weighted by Crippen LogP contribution is 2.28. The Morgan fingerprint density at radius 2 is 2.05 bits per heavy atom. The quantitative estimate of drug-likeness (QED) is 0.790. The molecule has 2 rings (SSSR count). The Balaban J connectivity index is 1.80. The van der Waals surface area contributed by atoms with Crippen molar-refractivity contribution in [2.24, 2.45) is 5.92 Å². The van der Waals surface area contributed by atoms with Gasteiger partial charge >= 0.3 is 0 Å². The molecule has 0 bridgehead atoms. The number of nitrogens with one attached hydrogen (secondary N) is 2. The monoisotopic (exact) mass is 267 g/mol. The van der Waals surface area contributed by atoms with Crippen molar-refractivity contribution in [1.82, 2.24) is 15.5 Å². The van der Waals surface area contributed by atoms with Gasteiger partial charge in [-0.05, 0) is 65.5 Å². The molecule has 0 aromatic carbocycles. The summed E-state index contributed by atoms with van der Waals surface area (Å²) in [6.45, 7) is 10.0. The van der Waals surface area contributed by atoms with Crippen LogP contribution in [0.25, 0.3) is 0 Å². The van der Waals surface area contributed by atoms with Crippen LogP contribution in [0.4, 0.5) is 0 Å². The zero-order valence-electron chi connectivity index (χ0n) is 12.7. The first-order valence-corrected chi connectivity index (χ1v) is 7.70. The van der Waals surface area contributed by atoms with Crippen molar-refractivity contribution in [2.45, 2.75) is 58.0 Å². The predicted molar refractivity (Wildman–Crippen MR) is 78.1 cm³/mol. The fourth-order valence-corrected chi connectivity index (χ4v) is 2.84. The Hall–Kier alpha value is -0.610. The van der Waals surface area contributed by atoms with E-state index in [1.54, 1.807) is 0 Å². The molecule has 0 aromatic heterocycles. The van der Waals surface area contributed by atoms with Gasteiger partial charge in [0.05, 0.1) is 6.54 Å². The van der Waals surface area contributed by atoms with Gasteiger partial charge in [-0.2, -0.15) is 0 Å². The highest BCUT2D eigenvalue weighted by molar-refractivity contribution is 5.78. The third kappa shape index (κ3) is 5.49. The molecule has 0 spiro atoms. The smallest absolute Gasteiger partial charge is 0.234 e. The molecule has 2 fully saturated rings. The van der Waals surface area contributed by atoms with Crippen LogP contribution in [0.15, 0.2) is 0 Å². The van der Waals surface area contributed by atoms with Crippen molar-refractivity contribution in [1.29, 1.82) is 0 Å². The second-order valence-corrected chi connectivity index (χ2v) is 7.17. The molecule has 2 N–H and O–H groups in total. The lowest BCUT2D eigenvalue weighted by atomic mass is 9.99. The summed E-state index contributed by atoms with van der Waals surface area (Å²) in [6.07, 6.45) is 5.11. The second-order valence-electron chi connectivity index (χ2n) is 7.17. The fraction of sp³-hybridized carbons (Fsp3) is 0.933. The molecule has 1 amide bonds.